The molecule has 6 nitrogen and oxygen atoms in total. The molecular weight excluding hydrogens is 488 g/mol. The monoisotopic (exact) mass is 514 g/mol. The van der Waals surface area contributed by atoms with E-state index in [0.717, 1.165) is 41.7 Å². The van der Waals surface area contributed by atoms with Crippen LogP contribution in [0.3, 0.4) is 0 Å². The fourth-order valence-electron chi connectivity index (χ4n) is 4.06. The summed E-state index contributed by atoms with van der Waals surface area (Å²) in [4.78, 5) is 12.4. The van der Waals surface area contributed by atoms with Gasteiger partial charge in [-0.05, 0) is 54.0 Å². The van der Waals surface area contributed by atoms with E-state index in [1.54, 1.807) is 48.5 Å². The topological polar surface area (TPSA) is 94.6 Å². The molecule has 1 aliphatic rings. The van der Waals surface area contributed by atoms with Crippen LogP contribution < -0.4 is 19.9 Å². The van der Waals surface area contributed by atoms with E-state index < -0.39 is 11.9 Å². The number of unbranched alkanes of at least 4 members (excludes halogenated alkanes) is 2. The van der Waals surface area contributed by atoms with Crippen LogP contribution in [0.5, 0.6) is 17.2 Å². The third-order valence-corrected chi connectivity index (χ3v) is 6.15. The Kier molecular flexibility index (Phi) is 8.50. The first kappa shape index (κ1) is 25.9. The maximum absolute atomic E-state index is 12.4. The molecule has 0 saturated heterocycles. The Bertz CT molecular complexity index is 1370. The highest BCUT2D eigenvalue weighted by atomic mass is 35.5. The van der Waals surface area contributed by atoms with Gasteiger partial charge in [0.2, 0.25) is 5.88 Å². The molecule has 1 aliphatic heterocycles. The van der Waals surface area contributed by atoms with Gasteiger partial charge in [-0.15, -0.1) is 0 Å². The number of allylic oxidation sites excluding steroid dienone is 1. The molecule has 3 aromatic carbocycles. The Hall–Kier alpha value is -4.21. The lowest BCUT2D eigenvalue weighted by Gasteiger charge is -2.27. The zero-order chi connectivity index (χ0) is 26.2. The summed E-state index contributed by atoms with van der Waals surface area (Å²) in [5, 5.41) is 10.5. The van der Waals surface area contributed by atoms with Crippen molar-refractivity contribution in [2.24, 2.45) is 5.73 Å². The first-order chi connectivity index (χ1) is 18.0. The minimum Gasteiger partial charge on any atom is -0.494 e. The number of halogens is 1. The van der Waals surface area contributed by atoms with Crippen molar-refractivity contribution in [1.82, 2.24) is 0 Å². The number of fused-ring (bicyclic) bond motifs is 1. The maximum atomic E-state index is 12.4. The van der Waals surface area contributed by atoms with Crippen LogP contribution in [0.4, 0.5) is 0 Å². The molecule has 0 amide bonds. The van der Waals surface area contributed by atoms with Gasteiger partial charge in [0, 0.05) is 22.7 Å². The van der Waals surface area contributed by atoms with E-state index in [-0.39, 0.29) is 5.88 Å². The smallest absolute Gasteiger partial charge is 0.336 e. The minimum atomic E-state index is -0.545. The molecular formula is C30H27ClN2O4. The van der Waals surface area contributed by atoms with Crippen molar-refractivity contribution in [1.29, 1.82) is 5.26 Å². The summed E-state index contributed by atoms with van der Waals surface area (Å²) in [7, 11) is 0. The molecule has 0 saturated carbocycles. The summed E-state index contributed by atoms with van der Waals surface area (Å²) in [6, 6.07) is 22.0. The number of ether oxygens (including phenoxy) is 3. The average Bonchev–Trinajstić information content (AvgIpc) is 2.90. The molecule has 1 unspecified atom stereocenters. The van der Waals surface area contributed by atoms with Gasteiger partial charge in [-0.3, -0.25) is 0 Å². The third-order valence-electron chi connectivity index (χ3n) is 5.90. The van der Waals surface area contributed by atoms with Gasteiger partial charge >= 0.3 is 5.97 Å². The van der Waals surface area contributed by atoms with E-state index in [9.17, 15) is 10.1 Å². The Morgan fingerprint density at radius 2 is 1.92 bits per heavy atom. The van der Waals surface area contributed by atoms with Crippen LogP contribution in [0.15, 0.2) is 84.3 Å². The van der Waals surface area contributed by atoms with Gasteiger partial charge in [-0.2, -0.15) is 5.26 Å². The van der Waals surface area contributed by atoms with Crippen molar-refractivity contribution in [3.8, 4) is 23.3 Å². The van der Waals surface area contributed by atoms with Crippen LogP contribution in [0.25, 0.3) is 6.08 Å². The Balaban J connectivity index is 1.55. The van der Waals surface area contributed by atoms with Gasteiger partial charge < -0.3 is 19.9 Å². The zero-order valence-electron chi connectivity index (χ0n) is 20.4. The molecule has 0 radical (unpaired) electrons. The third kappa shape index (κ3) is 6.52. The molecule has 4 rings (SSSR count). The fraction of sp³-hybridized carbons (Fsp3) is 0.200. The summed E-state index contributed by atoms with van der Waals surface area (Å²) in [6.07, 6.45) is 6.18. The van der Waals surface area contributed by atoms with Gasteiger partial charge in [-0.1, -0.05) is 61.7 Å². The van der Waals surface area contributed by atoms with Crippen LogP contribution >= 0.6 is 11.6 Å². The van der Waals surface area contributed by atoms with Crippen molar-refractivity contribution in [3.63, 3.8) is 0 Å². The molecule has 0 bridgehead atoms. The summed E-state index contributed by atoms with van der Waals surface area (Å²) in [5.41, 5.74) is 8.86. The lowest BCUT2D eigenvalue weighted by Crippen LogP contribution is -2.21. The highest BCUT2D eigenvalue weighted by molar-refractivity contribution is 6.30. The minimum absolute atomic E-state index is 0.0142. The second-order valence-electron chi connectivity index (χ2n) is 8.56. The Morgan fingerprint density at radius 3 is 2.68 bits per heavy atom. The van der Waals surface area contributed by atoms with Crippen LogP contribution in [-0.4, -0.2) is 12.6 Å². The van der Waals surface area contributed by atoms with Gasteiger partial charge in [-0.25, -0.2) is 4.79 Å². The number of hydrogen-bond acceptors (Lipinski definition) is 6. The van der Waals surface area contributed by atoms with E-state index in [2.05, 4.69) is 13.0 Å². The molecule has 1 heterocycles. The largest absolute Gasteiger partial charge is 0.494 e. The molecule has 0 aromatic heterocycles. The quantitative estimate of drug-likeness (QED) is 0.147. The van der Waals surface area contributed by atoms with Crippen LogP contribution in [0.1, 0.15) is 48.8 Å². The van der Waals surface area contributed by atoms with Crippen molar-refractivity contribution in [3.05, 3.63) is 106 Å². The van der Waals surface area contributed by atoms with Crippen molar-refractivity contribution in [2.75, 3.05) is 6.61 Å². The highest BCUT2D eigenvalue weighted by Gasteiger charge is 2.31. The molecule has 37 heavy (non-hydrogen) atoms. The Morgan fingerprint density at radius 1 is 1.11 bits per heavy atom. The first-order valence-corrected chi connectivity index (χ1v) is 12.5. The first-order valence-electron chi connectivity index (χ1n) is 12.1. The van der Waals surface area contributed by atoms with Crippen LogP contribution in [0, 0.1) is 11.3 Å². The molecule has 0 aliphatic carbocycles. The maximum Gasteiger partial charge on any atom is 0.336 e. The molecule has 188 valence electrons. The van der Waals surface area contributed by atoms with Crippen molar-refractivity contribution in [2.45, 2.75) is 32.1 Å². The number of nitrogens with two attached hydrogens (primary N) is 1. The lowest BCUT2D eigenvalue weighted by molar-refractivity contribution is -0.128. The number of rotatable bonds is 9. The van der Waals surface area contributed by atoms with Gasteiger partial charge in [0.05, 0.1) is 12.5 Å². The van der Waals surface area contributed by atoms with Crippen molar-refractivity contribution < 1.29 is 19.0 Å². The Labute approximate surface area is 221 Å². The van der Waals surface area contributed by atoms with Gasteiger partial charge in [0.1, 0.15) is 28.9 Å². The molecule has 0 spiro atoms. The number of carbonyl (C=O) groups is 1. The second-order valence-corrected chi connectivity index (χ2v) is 8.99. The zero-order valence-corrected chi connectivity index (χ0v) is 21.2. The molecule has 1 atom stereocenters. The van der Waals surface area contributed by atoms with E-state index in [4.69, 9.17) is 31.5 Å². The van der Waals surface area contributed by atoms with Crippen molar-refractivity contribution >= 4 is 23.6 Å². The number of esters is 1. The van der Waals surface area contributed by atoms with E-state index in [1.165, 1.54) is 6.08 Å². The number of carbonyl (C=O) groups excluding carboxylic acids is 1. The standard InChI is InChI=1S/C30H27ClN2O4/c1-2-3-4-16-35-23-7-5-6-21(17-23)29-25-14-13-24(18-27(25)37-30(33)26(29)19-32)36-28(34)15-10-20-8-11-22(31)12-9-20/h5-15,17-18,29H,2-4,16,33H2,1H3/b15-10+. The number of nitriles is 1. The van der Waals surface area contributed by atoms with Crippen LogP contribution in [0.2, 0.25) is 5.02 Å². The second kappa shape index (κ2) is 12.2. The highest BCUT2D eigenvalue weighted by Crippen LogP contribution is 2.44. The van der Waals surface area contributed by atoms with Gasteiger partial charge in [0.15, 0.2) is 0 Å². The summed E-state index contributed by atoms with van der Waals surface area (Å²) < 4.78 is 17.1. The summed E-state index contributed by atoms with van der Waals surface area (Å²) in [5.74, 6) is 0.474. The van der Waals surface area contributed by atoms with Crippen LogP contribution in [-0.2, 0) is 4.79 Å². The summed E-state index contributed by atoms with van der Waals surface area (Å²) >= 11 is 5.89. The average molecular weight is 515 g/mol. The number of hydrogen-bond donors (Lipinski definition) is 1. The predicted molar refractivity (Wildman–Crippen MR) is 143 cm³/mol. The van der Waals surface area contributed by atoms with Gasteiger partial charge in [0.25, 0.3) is 0 Å². The molecule has 7 heteroatoms. The normalized spacial score (nSPS) is 14.6. The van der Waals surface area contributed by atoms with E-state index >= 15 is 0 Å². The number of benzene rings is 3. The van der Waals surface area contributed by atoms with E-state index in [1.807, 2.05) is 24.3 Å². The lowest BCUT2D eigenvalue weighted by atomic mass is 9.83. The number of nitrogens with zero attached hydrogens (tertiary/aromatic N) is 1. The SMILES string of the molecule is CCCCCOc1cccc(C2C(C#N)=C(N)Oc3cc(OC(=O)/C=C/c4ccc(Cl)cc4)ccc32)c1. The fourth-order valence-corrected chi connectivity index (χ4v) is 4.18. The molecule has 2 N–H and O–H groups in total. The van der Waals surface area contributed by atoms with E-state index in [0.29, 0.717) is 28.7 Å². The summed E-state index contributed by atoms with van der Waals surface area (Å²) in [6.45, 7) is 2.78. The molecule has 3 aromatic rings. The predicted octanol–water partition coefficient (Wildman–Crippen LogP) is 6.75. The molecule has 0 fully saturated rings.